The van der Waals surface area contributed by atoms with E-state index in [0.717, 1.165) is 24.3 Å². The molecule has 0 radical (unpaired) electrons. The third-order valence-electron chi connectivity index (χ3n) is 4.63. The minimum atomic E-state index is 0. The zero-order valence-corrected chi connectivity index (χ0v) is 14.7. The summed E-state index contributed by atoms with van der Waals surface area (Å²) < 4.78 is 10.6. The monoisotopic (exact) mass is 314 g/mol. The summed E-state index contributed by atoms with van der Waals surface area (Å²) >= 11 is 0. The van der Waals surface area contributed by atoms with Gasteiger partial charge in [-0.25, -0.2) is 9.13 Å². The number of aromatic nitrogens is 2. The molecule has 0 aromatic carbocycles. The molecule has 0 amide bonds. The minimum absolute atomic E-state index is 0. The predicted molar refractivity (Wildman–Crippen MR) is 81.1 cm³/mol. The Morgan fingerprint density at radius 2 is 2.10 bits per heavy atom. The fourth-order valence-electron chi connectivity index (χ4n) is 3.39. The summed E-state index contributed by atoms with van der Waals surface area (Å²) in [6, 6.07) is 0. The van der Waals surface area contributed by atoms with E-state index < -0.39 is 0 Å². The van der Waals surface area contributed by atoms with E-state index >= 15 is 0 Å². The second kappa shape index (κ2) is 8.79. The molecule has 21 heavy (non-hydrogen) atoms. The Kier molecular flexibility index (Phi) is 7.75. The Morgan fingerprint density at radius 3 is 2.76 bits per heavy atom. The maximum Gasteiger partial charge on any atom is 0.245 e. The molecule has 0 aliphatic heterocycles. The standard InChI is InChI=1S/C17H31N2O.ClH/c1-5-8-18-9-10-19(12-18)13-20-17-11-15(4)6-7-16(17)14(2)3;/h9-10,12,14-17H,5-8,11,13H2,1-4H3;1H/q+1;/p-1/t15-,16+,17-;/m1./s1. The van der Waals surface area contributed by atoms with E-state index in [-0.39, 0.29) is 12.4 Å². The lowest BCUT2D eigenvalue weighted by molar-refractivity contribution is -0.735. The highest BCUT2D eigenvalue weighted by atomic mass is 35.5. The van der Waals surface area contributed by atoms with Crippen molar-refractivity contribution in [2.75, 3.05) is 0 Å². The van der Waals surface area contributed by atoms with Crippen molar-refractivity contribution in [3.63, 3.8) is 0 Å². The van der Waals surface area contributed by atoms with Gasteiger partial charge in [0.15, 0.2) is 6.73 Å². The van der Waals surface area contributed by atoms with Gasteiger partial charge in [-0.05, 0) is 37.0 Å². The number of hydrogen-bond acceptors (Lipinski definition) is 1. The summed E-state index contributed by atoms with van der Waals surface area (Å²) in [5, 5.41) is 0. The molecular formula is C17H31ClN2O. The Bertz CT molecular complexity index is 405. The van der Waals surface area contributed by atoms with Crippen LogP contribution < -0.4 is 17.0 Å². The number of aryl methyl sites for hydroxylation is 1. The molecule has 3 atom stereocenters. The van der Waals surface area contributed by atoms with Gasteiger partial charge in [0.05, 0.1) is 12.6 Å². The zero-order chi connectivity index (χ0) is 14.5. The third-order valence-corrected chi connectivity index (χ3v) is 4.63. The summed E-state index contributed by atoms with van der Waals surface area (Å²) in [4.78, 5) is 0. The van der Waals surface area contributed by atoms with Crippen LogP contribution in [0.5, 0.6) is 0 Å². The number of ether oxygens (including phenoxy) is 1. The quantitative estimate of drug-likeness (QED) is 0.704. The molecule has 1 aliphatic carbocycles. The smallest absolute Gasteiger partial charge is 0.245 e. The summed E-state index contributed by atoms with van der Waals surface area (Å²) in [6.07, 6.45) is 11.9. The Balaban J connectivity index is 0.00000220. The molecule has 0 N–H and O–H groups in total. The molecule has 3 nitrogen and oxygen atoms in total. The molecule has 1 aromatic rings. The highest BCUT2D eigenvalue weighted by Crippen LogP contribution is 2.35. The maximum atomic E-state index is 6.25. The second-order valence-electron chi connectivity index (χ2n) is 6.83. The lowest BCUT2D eigenvalue weighted by atomic mass is 9.75. The van der Waals surface area contributed by atoms with Gasteiger partial charge in [-0.2, -0.15) is 0 Å². The fourth-order valence-corrected chi connectivity index (χ4v) is 3.39. The van der Waals surface area contributed by atoms with Crippen LogP contribution in [0.2, 0.25) is 0 Å². The molecule has 1 aliphatic rings. The molecule has 1 heterocycles. The van der Waals surface area contributed by atoms with E-state index in [1.165, 1.54) is 25.7 Å². The minimum Gasteiger partial charge on any atom is -1.00 e. The Hall–Kier alpha value is -0.540. The van der Waals surface area contributed by atoms with Crippen LogP contribution in [0.1, 0.15) is 53.4 Å². The molecular weight excluding hydrogens is 284 g/mol. The van der Waals surface area contributed by atoms with Crippen molar-refractivity contribution in [3.8, 4) is 0 Å². The van der Waals surface area contributed by atoms with Crippen molar-refractivity contribution >= 4 is 0 Å². The lowest BCUT2D eigenvalue weighted by Crippen LogP contribution is -3.00. The van der Waals surface area contributed by atoms with Gasteiger partial charge in [0, 0.05) is 0 Å². The maximum absolute atomic E-state index is 6.25. The van der Waals surface area contributed by atoms with Crippen LogP contribution in [0.15, 0.2) is 18.7 Å². The third kappa shape index (κ3) is 5.30. The molecule has 2 rings (SSSR count). The molecule has 1 fully saturated rings. The van der Waals surface area contributed by atoms with Gasteiger partial charge in [0.25, 0.3) is 0 Å². The molecule has 122 valence electrons. The van der Waals surface area contributed by atoms with Crippen molar-refractivity contribution in [1.82, 2.24) is 4.57 Å². The highest BCUT2D eigenvalue weighted by Gasteiger charge is 2.31. The van der Waals surface area contributed by atoms with E-state index in [1.54, 1.807) is 0 Å². The van der Waals surface area contributed by atoms with Crippen LogP contribution in [0, 0.1) is 17.8 Å². The van der Waals surface area contributed by atoms with Gasteiger partial charge in [0.2, 0.25) is 6.33 Å². The van der Waals surface area contributed by atoms with Crippen LogP contribution in [-0.4, -0.2) is 10.7 Å². The predicted octanol–water partition coefficient (Wildman–Crippen LogP) is 0.625. The van der Waals surface area contributed by atoms with Crippen molar-refractivity contribution in [1.29, 1.82) is 0 Å². The second-order valence-corrected chi connectivity index (χ2v) is 6.83. The number of imidazole rings is 1. The summed E-state index contributed by atoms with van der Waals surface area (Å²) in [7, 11) is 0. The van der Waals surface area contributed by atoms with Crippen molar-refractivity contribution in [3.05, 3.63) is 18.7 Å². The first-order chi connectivity index (χ1) is 9.60. The van der Waals surface area contributed by atoms with Crippen LogP contribution >= 0.6 is 0 Å². The molecule has 0 unspecified atom stereocenters. The average Bonchev–Trinajstić information content (AvgIpc) is 2.84. The van der Waals surface area contributed by atoms with Crippen molar-refractivity contribution in [2.24, 2.45) is 17.8 Å². The van der Waals surface area contributed by atoms with Gasteiger partial charge in [0.1, 0.15) is 12.4 Å². The molecule has 1 saturated carbocycles. The number of halogens is 1. The van der Waals surface area contributed by atoms with E-state index in [2.05, 4.69) is 55.6 Å². The van der Waals surface area contributed by atoms with E-state index in [0.29, 0.717) is 12.8 Å². The number of rotatable bonds is 6. The average molecular weight is 315 g/mol. The Labute approximate surface area is 136 Å². The molecule has 0 bridgehead atoms. The lowest BCUT2D eigenvalue weighted by Gasteiger charge is -2.36. The normalized spacial score (nSPS) is 25.9. The highest BCUT2D eigenvalue weighted by molar-refractivity contribution is 4.80. The topological polar surface area (TPSA) is 18.0 Å². The summed E-state index contributed by atoms with van der Waals surface area (Å²) in [5.41, 5.74) is 0. The van der Waals surface area contributed by atoms with Gasteiger partial charge >= 0.3 is 0 Å². The summed E-state index contributed by atoms with van der Waals surface area (Å²) in [5.74, 6) is 2.26. The van der Waals surface area contributed by atoms with Gasteiger partial charge in [-0.1, -0.05) is 34.1 Å². The van der Waals surface area contributed by atoms with E-state index in [9.17, 15) is 0 Å². The first-order valence-corrected chi connectivity index (χ1v) is 8.26. The van der Waals surface area contributed by atoms with Crippen molar-refractivity contribution in [2.45, 2.75) is 72.8 Å². The van der Waals surface area contributed by atoms with Crippen LogP contribution in [0.4, 0.5) is 0 Å². The first kappa shape index (κ1) is 18.5. The van der Waals surface area contributed by atoms with Crippen LogP contribution in [-0.2, 0) is 18.0 Å². The molecule has 4 heteroatoms. The van der Waals surface area contributed by atoms with Gasteiger partial charge in [-0.15, -0.1) is 0 Å². The first-order valence-electron chi connectivity index (χ1n) is 8.26. The zero-order valence-electron chi connectivity index (χ0n) is 14.0. The molecule has 0 spiro atoms. The number of hydrogen-bond donors (Lipinski definition) is 0. The fraction of sp³-hybridized carbons (Fsp3) is 0.824. The van der Waals surface area contributed by atoms with Crippen molar-refractivity contribution < 1.29 is 21.7 Å². The van der Waals surface area contributed by atoms with Gasteiger partial charge in [-0.3, -0.25) is 0 Å². The summed E-state index contributed by atoms with van der Waals surface area (Å²) in [6.45, 7) is 11.0. The number of nitrogens with zero attached hydrogens (tertiary/aromatic N) is 2. The van der Waals surface area contributed by atoms with E-state index in [1.807, 2.05) is 0 Å². The molecule has 0 saturated heterocycles. The largest absolute Gasteiger partial charge is 1.00 e. The van der Waals surface area contributed by atoms with E-state index in [4.69, 9.17) is 4.74 Å². The van der Waals surface area contributed by atoms with Gasteiger partial charge < -0.3 is 17.1 Å². The molecule has 1 aromatic heterocycles. The van der Waals surface area contributed by atoms with Crippen LogP contribution in [0.25, 0.3) is 0 Å². The SMILES string of the molecule is CCCn1cc[n+](CO[C@@H]2C[C@H](C)CC[C@H]2C(C)C)c1.[Cl-]. The van der Waals surface area contributed by atoms with Crippen LogP contribution in [0.3, 0.4) is 0 Å². The Morgan fingerprint density at radius 1 is 1.33 bits per heavy atom.